The maximum atomic E-state index is 12.3. The smallest absolute Gasteiger partial charge is 0.387 e. The molecule has 1 heterocycles. The highest BCUT2D eigenvalue weighted by Gasteiger charge is 2.26. The van der Waals surface area contributed by atoms with E-state index in [9.17, 15) is 8.78 Å². The van der Waals surface area contributed by atoms with Gasteiger partial charge in [0.1, 0.15) is 0 Å². The number of halogens is 2. The molecule has 0 aromatic heterocycles. The van der Waals surface area contributed by atoms with Gasteiger partial charge in [-0.25, -0.2) is 0 Å². The fraction of sp³-hybridized carbons (Fsp3) is 0.571. The van der Waals surface area contributed by atoms with E-state index in [1.54, 1.807) is 12.1 Å². The Morgan fingerprint density at radius 1 is 1.35 bits per heavy atom. The van der Waals surface area contributed by atoms with Gasteiger partial charge in [0.25, 0.3) is 0 Å². The van der Waals surface area contributed by atoms with Crippen LogP contribution in [0.3, 0.4) is 0 Å². The van der Waals surface area contributed by atoms with E-state index in [0.717, 1.165) is 25.2 Å². The highest BCUT2D eigenvalue weighted by atomic mass is 19.3. The van der Waals surface area contributed by atoms with Crippen molar-refractivity contribution in [1.29, 1.82) is 0 Å². The van der Waals surface area contributed by atoms with Gasteiger partial charge in [0, 0.05) is 25.7 Å². The average Bonchev–Trinajstić information content (AvgIpc) is 2.69. The van der Waals surface area contributed by atoms with E-state index >= 15 is 0 Å². The lowest BCUT2D eigenvalue weighted by atomic mass is 10.1. The van der Waals surface area contributed by atoms with Crippen LogP contribution in [-0.4, -0.2) is 37.8 Å². The van der Waals surface area contributed by atoms with Crippen molar-refractivity contribution in [3.8, 4) is 11.5 Å². The quantitative estimate of drug-likeness (QED) is 0.900. The Bertz CT molecular complexity index is 447. The number of nitrogens with zero attached hydrogens (tertiary/aromatic N) is 1. The van der Waals surface area contributed by atoms with Crippen LogP contribution in [0.25, 0.3) is 0 Å². The van der Waals surface area contributed by atoms with Gasteiger partial charge in [0.15, 0.2) is 11.5 Å². The largest absolute Gasteiger partial charge is 0.493 e. The number of rotatable bonds is 5. The van der Waals surface area contributed by atoms with E-state index in [4.69, 9.17) is 10.5 Å². The molecule has 0 radical (unpaired) electrons. The molecule has 112 valence electrons. The second-order valence-corrected chi connectivity index (χ2v) is 5.20. The van der Waals surface area contributed by atoms with Gasteiger partial charge in [-0.05, 0) is 23.6 Å². The van der Waals surface area contributed by atoms with Crippen molar-refractivity contribution in [3.05, 3.63) is 23.8 Å². The molecule has 1 saturated heterocycles. The molecule has 2 rings (SSSR count). The van der Waals surface area contributed by atoms with Gasteiger partial charge in [-0.2, -0.15) is 8.78 Å². The van der Waals surface area contributed by atoms with Gasteiger partial charge in [-0.1, -0.05) is 13.0 Å². The summed E-state index contributed by atoms with van der Waals surface area (Å²) in [5, 5.41) is 0. The molecule has 0 bridgehead atoms. The predicted molar refractivity (Wildman–Crippen MR) is 72.0 cm³/mol. The van der Waals surface area contributed by atoms with Gasteiger partial charge < -0.3 is 15.2 Å². The summed E-state index contributed by atoms with van der Waals surface area (Å²) in [5.74, 6) is 0.843. The number of likely N-dealkylation sites (tertiary alicyclic amines) is 1. The van der Waals surface area contributed by atoms with Crippen LogP contribution in [0.2, 0.25) is 0 Å². The molecule has 0 aliphatic carbocycles. The molecule has 2 unspecified atom stereocenters. The SMILES string of the molecule is COc1cc(CN2CC(C)C(N)C2)ccc1OC(F)F. The van der Waals surface area contributed by atoms with E-state index in [1.807, 2.05) is 0 Å². The van der Waals surface area contributed by atoms with Crippen LogP contribution in [0.4, 0.5) is 8.78 Å². The first-order valence-corrected chi connectivity index (χ1v) is 6.59. The second kappa shape index (κ2) is 6.37. The molecule has 20 heavy (non-hydrogen) atoms. The first-order valence-electron chi connectivity index (χ1n) is 6.59. The summed E-state index contributed by atoms with van der Waals surface area (Å²) >= 11 is 0. The summed E-state index contributed by atoms with van der Waals surface area (Å²) in [6.07, 6.45) is 0. The van der Waals surface area contributed by atoms with Crippen LogP contribution in [0.15, 0.2) is 18.2 Å². The molecule has 0 saturated carbocycles. The molecule has 0 spiro atoms. The molecule has 4 nitrogen and oxygen atoms in total. The summed E-state index contributed by atoms with van der Waals surface area (Å²) < 4.78 is 34.0. The zero-order valence-electron chi connectivity index (χ0n) is 11.7. The lowest BCUT2D eigenvalue weighted by molar-refractivity contribution is -0.0512. The van der Waals surface area contributed by atoms with Crippen LogP contribution in [0.5, 0.6) is 11.5 Å². The van der Waals surface area contributed by atoms with E-state index in [0.29, 0.717) is 11.7 Å². The lowest BCUT2D eigenvalue weighted by Crippen LogP contribution is -2.28. The second-order valence-electron chi connectivity index (χ2n) is 5.20. The summed E-state index contributed by atoms with van der Waals surface area (Å²) in [7, 11) is 1.44. The number of nitrogens with two attached hydrogens (primary N) is 1. The minimum atomic E-state index is -2.85. The highest BCUT2D eigenvalue weighted by molar-refractivity contribution is 5.43. The Kier molecular flexibility index (Phi) is 4.77. The molecule has 1 aliphatic rings. The number of methoxy groups -OCH3 is 1. The topological polar surface area (TPSA) is 47.7 Å². The minimum Gasteiger partial charge on any atom is -0.493 e. The van der Waals surface area contributed by atoms with Gasteiger partial charge in [-0.15, -0.1) is 0 Å². The Balaban J connectivity index is 2.06. The normalized spacial score (nSPS) is 23.3. The first kappa shape index (κ1) is 15.0. The number of hydrogen-bond acceptors (Lipinski definition) is 4. The summed E-state index contributed by atoms with van der Waals surface area (Å²) in [4.78, 5) is 2.25. The van der Waals surface area contributed by atoms with Crippen molar-refractivity contribution in [3.63, 3.8) is 0 Å². The Morgan fingerprint density at radius 3 is 2.65 bits per heavy atom. The number of ether oxygens (including phenoxy) is 2. The Hall–Kier alpha value is -1.40. The van der Waals surface area contributed by atoms with Crippen LogP contribution < -0.4 is 15.2 Å². The third-order valence-electron chi connectivity index (χ3n) is 3.60. The van der Waals surface area contributed by atoms with Crippen molar-refractivity contribution < 1.29 is 18.3 Å². The zero-order valence-corrected chi connectivity index (χ0v) is 11.7. The molecule has 1 fully saturated rings. The van der Waals surface area contributed by atoms with E-state index in [-0.39, 0.29) is 11.8 Å². The van der Waals surface area contributed by atoms with Gasteiger partial charge in [0.05, 0.1) is 7.11 Å². The van der Waals surface area contributed by atoms with Gasteiger partial charge >= 0.3 is 6.61 Å². The lowest BCUT2D eigenvalue weighted by Gasteiger charge is -2.17. The van der Waals surface area contributed by atoms with Crippen molar-refractivity contribution in [1.82, 2.24) is 4.90 Å². The average molecular weight is 286 g/mol. The van der Waals surface area contributed by atoms with E-state index in [1.165, 1.54) is 13.2 Å². The standard InChI is InChI=1S/C14H20F2N2O2/c1-9-6-18(8-11(9)17)7-10-3-4-12(20-14(15)16)13(5-10)19-2/h3-5,9,11,14H,6-8,17H2,1-2H3. The van der Waals surface area contributed by atoms with Crippen molar-refractivity contribution in [2.24, 2.45) is 11.7 Å². The van der Waals surface area contributed by atoms with Crippen molar-refractivity contribution in [2.45, 2.75) is 26.1 Å². The molecule has 6 heteroatoms. The van der Waals surface area contributed by atoms with Gasteiger partial charge in [-0.3, -0.25) is 4.90 Å². The Labute approximate surface area is 117 Å². The molecule has 2 atom stereocenters. The first-order chi connectivity index (χ1) is 9.49. The Morgan fingerprint density at radius 2 is 2.10 bits per heavy atom. The fourth-order valence-corrected chi connectivity index (χ4v) is 2.49. The summed E-state index contributed by atoms with van der Waals surface area (Å²) in [5.41, 5.74) is 6.98. The van der Waals surface area contributed by atoms with Crippen LogP contribution in [0.1, 0.15) is 12.5 Å². The van der Waals surface area contributed by atoms with Crippen molar-refractivity contribution in [2.75, 3.05) is 20.2 Å². The highest BCUT2D eigenvalue weighted by Crippen LogP contribution is 2.30. The third kappa shape index (κ3) is 3.58. The maximum absolute atomic E-state index is 12.3. The number of benzene rings is 1. The van der Waals surface area contributed by atoms with E-state index < -0.39 is 6.61 Å². The molecular weight excluding hydrogens is 266 g/mol. The maximum Gasteiger partial charge on any atom is 0.387 e. The zero-order chi connectivity index (χ0) is 14.7. The predicted octanol–water partition coefficient (Wildman–Crippen LogP) is 2.08. The molecule has 1 aliphatic heterocycles. The monoisotopic (exact) mass is 286 g/mol. The summed E-state index contributed by atoms with van der Waals surface area (Å²) in [6.45, 7) is 1.79. The summed E-state index contributed by atoms with van der Waals surface area (Å²) in [6, 6.07) is 5.21. The van der Waals surface area contributed by atoms with Crippen molar-refractivity contribution >= 4 is 0 Å². The molecule has 0 amide bonds. The molecule has 1 aromatic carbocycles. The van der Waals surface area contributed by atoms with E-state index in [2.05, 4.69) is 16.6 Å². The van der Waals surface area contributed by atoms with Crippen LogP contribution in [0, 0.1) is 5.92 Å². The van der Waals surface area contributed by atoms with Crippen LogP contribution in [-0.2, 0) is 6.54 Å². The van der Waals surface area contributed by atoms with Crippen LogP contribution >= 0.6 is 0 Å². The number of hydrogen-bond donors (Lipinski definition) is 1. The minimum absolute atomic E-state index is 0.0535. The fourth-order valence-electron chi connectivity index (χ4n) is 2.49. The number of alkyl halides is 2. The third-order valence-corrected chi connectivity index (χ3v) is 3.60. The molecule has 1 aromatic rings. The van der Waals surface area contributed by atoms with Gasteiger partial charge in [0.2, 0.25) is 0 Å². The molecular formula is C14H20F2N2O2. The molecule has 2 N–H and O–H groups in total.